The van der Waals surface area contributed by atoms with Crippen LogP contribution in [0.1, 0.15) is 25.7 Å². The number of halogens is 2. The molecule has 0 amide bonds. The Morgan fingerprint density at radius 3 is 2.74 bits per heavy atom. The van der Waals surface area contributed by atoms with Crippen LogP contribution in [-0.2, 0) is 0 Å². The van der Waals surface area contributed by atoms with Crippen LogP contribution in [0.3, 0.4) is 0 Å². The Morgan fingerprint density at radius 2 is 2.05 bits per heavy atom. The lowest BCUT2D eigenvalue weighted by Gasteiger charge is -2.36. The summed E-state index contributed by atoms with van der Waals surface area (Å²) in [6.07, 6.45) is 6.79. The summed E-state index contributed by atoms with van der Waals surface area (Å²) in [6, 6.07) is 1.56. The highest BCUT2D eigenvalue weighted by atomic mass is 79.9. The first-order valence-electron chi connectivity index (χ1n) is 6.77. The average molecular weight is 346 g/mol. The molecule has 2 saturated heterocycles. The Kier molecular flexibility index (Phi) is 3.96. The molecule has 1 aromatic rings. The summed E-state index contributed by atoms with van der Waals surface area (Å²) >= 11 is 9.39. The Morgan fingerprint density at radius 1 is 1.37 bits per heavy atom. The molecule has 0 aliphatic carbocycles. The molecule has 19 heavy (non-hydrogen) atoms. The predicted molar refractivity (Wildman–Crippen MR) is 80.5 cm³/mol. The fourth-order valence-corrected chi connectivity index (χ4v) is 3.88. The third kappa shape index (κ3) is 2.73. The number of rotatable bonds is 3. The molecule has 2 bridgehead atoms. The van der Waals surface area contributed by atoms with Gasteiger partial charge in [-0.25, -0.2) is 9.97 Å². The fraction of sp³-hybridized carbons (Fsp3) is 0.692. The molecule has 0 radical (unpaired) electrons. The maximum atomic E-state index is 5.97. The van der Waals surface area contributed by atoms with Gasteiger partial charge < -0.3 is 10.2 Å². The highest BCUT2D eigenvalue weighted by molar-refractivity contribution is 9.10. The number of hydrogen-bond acceptors (Lipinski definition) is 4. The lowest BCUT2D eigenvalue weighted by atomic mass is 9.91. The maximum absolute atomic E-state index is 5.97. The van der Waals surface area contributed by atoms with Crippen LogP contribution in [0.25, 0.3) is 0 Å². The smallest absolute Gasteiger partial charge is 0.148 e. The standard InChI is InChI=1S/C13H18BrClN4/c1-19-9-2-3-10(19)5-8(4-9)6-16-13-11(14)12(15)17-7-18-13/h7-10H,2-6H2,1H3,(H,16,17,18). The first kappa shape index (κ1) is 13.6. The van der Waals surface area contributed by atoms with Crippen molar-refractivity contribution >= 4 is 33.3 Å². The fourth-order valence-electron chi connectivity index (χ4n) is 3.40. The van der Waals surface area contributed by atoms with Crippen molar-refractivity contribution in [2.24, 2.45) is 5.92 Å². The molecule has 0 saturated carbocycles. The van der Waals surface area contributed by atoms with Gasteiger partial charge in [0.1, 0.15) is 17.3 Å². The zero-order valence-electron chi connectivity index (χ0n) is 10.9. The van der Waals surface area contributed by atoms with Crippen molar-refractivity contribution in [3.8, 4) is 0 Å². The highest BCUT2D eigenvalue weighted by Crippen LogP contribution is 2.37. The average Bonchev–Trinajstić information content (AvgIpc) is 2.64. The summed E-state index contributed by atoms with van der Waals surface area (Å²) in [4.78, 5) is 10.7. The highest BCUT2D eigenvalue weighted by Gasteiger charge is 2.38. The van der Waals surface area contributed by atoms with Gasteiger partial charge in [-0.05, 0) is 54.6 Å². The van der Waals surface area contributed by atoms with Gasteiger partial charge in [0, 0.05) is 18.6 Å². The number of anilines is 1. The van der Waals surface area contributed by atoms with Crippen LogP contribution in [0, 0.1) is 5.92 Å². The van der Waals surface area contributed by atoms with Crippen LogP contribution in [0.5, 0.6) is 0 Å². The van der Waals surface area contributed by atoms with E-state index in [2.05, 4.69) is 43.2 Å². The minimum absolute atomic E-state index is 0.459. The third-order valence-corrected chi connectivity index (χ3v) is 5.77. The molecular formula is C13H18BrClN4. The quantitative estimate of drug-likeness (QED) is 0.854. The number of fused-ring (bicyclic) bond motifs is 2. The summed E-state index contributed by atoms with van der Waals surface area (Å²) in [7, 11) is 2.27. The SMILES string of the molecule is CN1C2CCC1CC(CNc1ncnc(Cl)c1Br)C2. The summed E-state index contributed by atoms with van der Waals surface area (Å²) < 4.78 is 0.757. The van der Waals surface area contributed by atoms with Gasteiger partial charge in [0.2, 0.25) is 0 Å². The Hall–Kier alpha value is -0.390. The number of aromatic nitrogens is 2. The van der Waals surface area contributed by atoms with Gasteiger partial charge in [-0.2, -0.15) is 0 Å². The molecule has 1 N–H and O–H groups in total. The molecular weight excluding hydrogens is 328 g/mol. The van der Waals surface area contributed by atoms with Crippen LogP contribution < -0.4 is 5.32 Å². The largest absolute Gasteiger partial charge is 0.369 e. The van der Waals surface area contributed by atoms with E-state index >= 15 is 0 Å². The molecule has 2 unspecified atom stereocenters. The Bertz CT molecular complexity index is 456. The molecule has 0 aromatic carbocycles. The van der Waals surface area contributed by atoms with E-state index in [0.717, 1.165) is 34.8 Å². The summed E-state index contributed by atoms with van der Waals surface area (Å²) in [5, 5.41) is 3.87. The molecule has 2 atom stereocenters. The molecule has 4 nitrogen and oxygen atoms in total. The second-order valence-corrected chi connectivity index (χ2v) is 6.75. The first-order valence-corrected chi connectivity index (χ1v) is 7.94. The molecule has 2 aliphatic rings. The number of piperidine rings is 1. The predicted octanol–water partition coefficient (Wildman–Crippen LogP) is 3.18. The van der Waals surface area contributed by atoms with Gasteiger partial charge in [-0.3, -0.25) is 0 Å². The van der Waals surface area contributed by atoms with E-state index in [0.29, 0.717) is 5.15 Å². The van der Waals surface area contributed by atoms with E-state index in [1.807, 2.05) is 0 Å². The van der Waals surface area contributed by atoms with Gasteiger partial charge in [-0.1, -0.05) is 11.6 Å². The van der Waals surface area contributed by atoms with Crippen molar-refractivity contribution in [3.05, 3.63) is 16.0 Å². The van der Waals surface area contributed by atoms with Crippen molar-refractivity contribution in [2.75, 3.05) is 18.9 Å². The van der Waals surface area contributed by atoms with Gasteiger partial charge in [0.25, 0.3) is 0 Å². The van der Waals surface area contributed by atoms with E-state index in [1.165, 1.54) is 32.0 Å². The number of nitrogens with zero attached hydrogens (tertiary/aromatic N) is 3. The first-order chi connectivity index (χ1) is 9.15. The summed E-state index contributed by atoms with van der Waals surface area (Å²) in [6.45, 7) is 0.965. The summed E-state index contributed by atoms with van der Waals surface area (Å²) in [5.74, 6) is 1.53. The lowest BCUT2D eigenvalue weighted by Crippen LogP contribution is -2.41. The minimum atomic E-state index is 0.459. The maximum Gasteiger partial charge on any atom is 0.148 e. The van der Waals surface area contributed by atoms with Crippen molar-refractivity contribution in [2.45, 2.75) is 37.8 Å². The van der Waals surface area contributed by atoms with Crippen LogP contribution in [0.4, 0.5) is 5.82 Å². The zero-order valence-corrected chi connectivity index (χ0v) is 13.3. The van der Waals surface area contributed by atoms with E-state index in [1.54, 1.807) is 0 Å². The normalized spacial score (nSPS) is 30.6. The molecule has 6 heteroatoms. The molecule has 0 spiro atoms. The zero-order chi connectivity index (χ0) is 13.4. The van der Waals surface area contributed by atoms with Crippen molar-refractivity contribution in [1.82, 2.24) is 14.9 Å². The number of nitrogens with one attached hydrogen (secondary N) is 1. The molecule has 104 valence electrons. The number of hydrogen-bond donors (Lipinski definition) is 1. The van der Waals surface area contributed by atoms with Crippen molar-refractivity contribution in [3.63, 3.8) is 0 Å². The third-order valence-electron chi connectivity index (χ3n) is 4.50. The molecule has 2 aliphatic heterocycles. The van der Waals surface area contributed by atoms with Crippen LogP contribution in [0.2, 0.25) is 5.15 Å². The molecule has 3 rings (SSSR count). The van der Waals surface area contributed by atoms with Crippen molar-refractivity contribution in [1.29, 1.82) is 0 Å². The Labute approximate surface area is 127 Å². The van der Waals surface area contributed by atoms with E-state index in [-0.39, 0.29) is 0 Å². The van der Waals surface area contributed by atoms with Gasteiger partial charge >= 0.3 is 0 Å². The van der Waals surface area contributed by atoms with Crippen LogP contribution in [-0.4, -0.2) is 40.5 Å². The van der Waals surface area contributed by atoms with E-state index in [4.69, 9.17) is 11.6 Å². The van der Waals surface area contributed by atoms with Gasteiger partial charge in [0.05, 0.1) is 4.47 Å². The van der Waals surface area contributed by atoms with Crippen molar-refractivity contribution < 1.29 is 0 Å². The summed E-state index contributed by atoms with van der Waals surface area (Å²) in [5.41, 5.74) is 0. The van der Waals surface area contributed by atoms with Crippen LogP contribution >= 0.6 is 27.5 Å². The molecule has 3 heterocycles. The second kappa shape index (κ2) is 5.54. The minimum Gasteiger partial charge on any atom is -0.369 e. The molecule has 1 aromatic heterocycles. The van der Waals surface area contributed by atoms with Crippen LogP contribution in [0.15, 0.2) is 10.8 Å². The van der Waals surface area contributed by atoms with E-state index in [9.17, 15) is 0 Å². The van der Waals surface area contributed by atoms with Gasteiger partial charge in [-0.15, -0.1) is 0 Å². The Balaban J connectivity index is 1.60. The molecule has 2 fully saturated rings. The van der Waals surface area contributed by atoms with Gasteiger partial charge in [0.15, 0.2) is 0 Å². The lowest BCUT2D eigenvalue weighted by molar-refractivity contribution is 0.139. The monoisotopic (exact) mass is 344 g/mol. The second-order valence-electron chi connectivity index (χ2n) is 5.60. The van der Waals surface area contributed by atoms with E-state index < -0.39 is 0 Å². The topological polar surface area (TPSA) is 41.0 Å².